The van der Waals surface area contributed by atoms with Gasteiger partial charge in [-0.2, -0.15) is 0 Å². The molecule has 0 aliphatic rings. The predicted molar refractivity (Wildman–Crippen MR) is 115 cm³/mol. The van der Waals surface area contributed by atoms with E-state index in [1.165, 1.54) is 5.56 Å². The Morgan fingerprint density at radius 3 is 2.07 bits per heavy atom. The van der Waals surface area contributed by atoms with E-state index in [9.17, 15) is 4.79 Å². The molecule has 5 heteroatoms. The van der Waals surface area contributed by atoms with E-state index in [1.807, 2.05) is 43.3 Å². The molecule has 2 aromatic heterocycles. The Morgan fingerprint density at radius 2 is 1.52 bits per heavy atom. The van der Waals surface area contributed by atoms with Crippen LogP contribution in [-0.4, -0.2) is 22.4 Å². The summed E-state index contributed by atoms with van der Waals surface area (Å²) in [5.74, 6) is -0.353. The molecule has 0 aliphatic heterocycles. The van der Waals surface area contributed by atoms with E-state index in [1.54, 1.807) is 24.8 Å². The highest BCUT2D eigenvalue weighted by atomic mass is 16.1. The molecule has 0 bridgehead atoms. The maximum absolute atomic E-state index is 12.9. The van der Waals surface area contributed by atoms with E-state index in [4.69, 9.17) is 5.73 Å². The van der Waals surface area contributed by atoms with Gasteiger partial charge >= 0.3 is 0 Å². The lowest BCUT2D eigenvalue weighted by Crippen LogP contribution is -2.54. The maximum atomic E-state index is 12.9. The zero-order chi connectivity index (χ0) is 20.7. The van der Waals surface area contributed by atoms with Crippen molar-refractivity contribution in [3.8, 4) is 0 Å². The minimum atomic E-state index is -0.936. The number of primary amides is 1. The minimum absolute atomic E-state index is 0.353. The monoisotopic (exact) mass is 388 g/mol. The first kappa shape index (κ1) is 20.7. The Balaban J connectivity index is 1.89. The van der Waals surface area contributed by atoms with Crippen molar-refractivity contribution in [3.05, 3.63) is 95.1 Å². The van der Waals surface area contributed by atoms with E-state index in [0.717, 1.165) is 35.1 Å². The molecule has 0 radical (unpaired) electrons. The van der Waals surface area contributed by atoms with Gasteiger partial charge in [0.2, 0.25) is 5.91 Å². The number of nitrogens with one attached hydrogen (secondary N) is 1. The lowest BCUT2D eigenvalue weighted by molar-refractivity contribution is -0.125. The molecule has 150 valence electrons. The van der Waals surface area contributed by atoms with E-state index < -0.39 is 5.54 Å². The molecule has 1 amide bonds. The summed E-state index contributed by atoms with van der Waals surface area (Å²) in [6.07, 6.45) is 9.20. The van der Waals surface area contributed by atoms with Crippen molar-refractivity contribution in [1.82, 2.24) is 15.3 Å². The molecule has 5 nitrogen and oxygen atoms in total. The van der Waals surface area contributed by atoms with E-state index >= 15 is 0 Å². The first-order valence-electron chi connectivity index (χ1n) is 9.92. The minimum Gasteiger partial charge on any atom is -0.368 e. The molecular weight excluding hydrogens is 360 g/mol. The zero-order valence-electron chi connectivity index (χ0n) is 17.1. The van der Waals surface area contributed by atoms with Gasteiger partial charge in [-0.1, -0.05) is 23.8 Å². The molecule has 0 aliphatic carbocycles. The average molecular weight is 389 g/mol. The lowest BCUT2D eigenvalue weighted by atomic mass is 9.80. The predicted octanol–water partition coefficient (Wildman–Crippen LogP) is 3.24. The van der Waals surface area contributed by atoms with Crippen molar-refractivity contribution in [2.75, 3.05) is 6.54 Å². The number of amides is 1. The first-order chi connectivity index (χ1) is 14.0. The van der Waals surface area contributed by atoms with E-state index in [-0.39, 0.29) is 5.91 Å². The van der Waals surface area contributed by atoms with Crippen molar-refractivity contribution < 1.29 is 4.79 Å². The van der Waals surface area contributed by atoms with Gasteiger partial charge in [-0.05, 0) is 79.6 Å². The molecule has 0 spiro atoms. The number of hydrogen-bond donors (Lipinski definition) is 2. The zero-order valence-corrected chi connectivity index (χ0v) is 17.1. The number of benzene rings is 1. The van der Waals surface area contributed by atoms with Gasteiger partial charge in [0.05, 0.1) is 0 Å². The summed E-state index contributed by atoms with van der Waals surface area (Å²) in [6.45, 7) is 4.73. The number of aryl methyl sites for hydroxylation is 3. The van der Waals surface area contributed by atoms with Crippen molar-refractivity contribution in [2.24, 2.45) is 5.73 Å². The van der Waals surface area contributed by atoms with Crippen molar-refractivity contribution >= 4 is 5.91 Å². The molecule has 3 N–H and O–H groups in total. The Kier molecular flexibility index (Phi) is 6.73. The lowest BCUT2D eigenvalue weighted by Gasteiger charge is -2.34. The Bertz CT molecular complexity index is 944. The summed E-state index contributed by atoms with van der Waals surface area (Å²) < 4.78 is 0. The van der Waals surface area contributed by atoms with Gasteiger partial charge in [-0.25, -0.2) is 0 Å². The number of hydrogen-bond acceptors (Lipinski definition) is 4. The van der Waals surface area contributed by atoms with Crippen LogP contribution < -0.4 is 11.1 Å². The van der Waals surface area contributed by atoms with Crippen LogP contribution in [0.4, 0.5) is 0 Å². The fourth-order valence-corrected chi connectivity index (χ4v) is 3.80. The van der Waals surface area contributed by atoms with Crippen LogP contribution in [0, 0.1) is 13.8 Å². The molecular formula is C24H28N4O. The number of nitrogens with zero attached hydrogens (tertiary/aromatic N) is 2. The molecule has 1 unspecified atom stereocenters. The second kappa shape index (κ2) is 9.43. The summed E-state index contributed by atoms with van der Waals surface area (Å²) in [5, 5.41) is 3.52. The van der Waals surface area contributed by atoms with Gasteiger partial charge in [-0.15, -0.1) is 0 Å². The fourth-order valence-electron chi connectivity index (χ4n) is 3.80. The maximum Gasteiger partial charge on any atom is 0.242 e. The van der Waals surface area contributed by atoms with Crippen LogP contribution in [0.5, 0.6) is 0 Å². The third kappa shape index (κ3) is 5.06. The molecule has 1 atom stereocenters. The number of carbonyl (C=O) groups is 1. The molecule has 3 rings (SSSR count). The number of rotatable bonds is 9. The van der Waals surface area contributed by atoms with Crippen molar-refractivity contribution in [2.45, 2.75) is 38.6 Å². The normalized spacial score (nSPS) is 13.0. The molecule has 0 saturated heterocycles. The second-order valence-electron chi connectivity index (χ2n) is 7.48. The Morgan fingerprint density at radius 1 is 0.931 bits per heavy atom. The molecule has 29 heavy (non-hydrogen) atoms. The standard InChI is InChI=1S/C24H28N4O/c1-18-3-4-22(19(2)17-18)24(23(25)29,11-5-20-6-12-26-13-7-20)28-16-10-21-8-14-27-15-9-21/h3-4,6-9,12-15,17,28H,5,10-11,16H2,1-2H3,(H2,25,29). The van der Waals surface area contributed by atoms with Gasteiger partial charge < -0.3 is 5.73 Å². The molecule has 2 heterocycles. The molecule has 0 saturated carbocycles. The van der Waals surface area contributed by atoms with Crippen LogP contribution in [-0.2, 0) is 23.2 Å². The van der Waals surface area contributed by atoms with Crippen molar-refractivity contribution in [3.63, 3.8) is 0 Å². The van der Waals surface area contributed by atoms with Gasteiger partial charge in [0.25, 0.3) is 0 Å². The highest BCUT2D eigenvalue weighted by molar-refractivity contribution is 5.86. The van der Waals surface area contributed by atoms with Crippen LogP contribution in [0.3, 0.4) is 0 Å². The number of pyridine rings is 2. The van der Waals surface area contributed by atoms with Crippen LogP contribution in [0.1, 0.15) is 34.2 Å². The molecule has 1 aromatic carbocycles. The smallest absolute Gasteiger partial charge is 0.242 e. The first-order valence-corrected chi connectivity index (χ1v) is 9.92. The van der Waals surface area contributed by atoms with Crippen LogP contribution in [0.15, 0.2) is 67.3 Å². The van der Waals surface area contributed by atoms with Gasteiger partial charge in [-0.3, -0.25) is 20.1 Å². The molecule has 0 fully saturated rings. The number of carbonyl (C=O) groups excluding carboxylic acids is 1. The quantitative estimate of drug-likeness (QED) is 0.590. The number of aromatic nitrogens is 2. The summed E-state index contributed by atoms with van der Waals surface area (Å²) in [7, 11) is 0. The summed E-state index contributed by atoms with van der Waals surface area (Å²) in [4.78, 5) is 21.0. The van der Waals surface area contributed by atoms with Crippen LogP contribution in [0.25, 0.3) is 0 Å². The van der Waals surface area contributed by atoms with Crippen molar-refractivity contribution in [1.29, 1.82) is 0 Å². The highest BCUT2D eigenvalue weighted by Gasteiger charge is 2.38. The van der Waals surface area contributed by atoms with Gasteiger partial charge in [0, 0.05) is 31.3 Å². The van der Waals surface area contributed by atoms with Gasteiger partial charge in [0.1, 0.15) is 5.54 Å². The highest BCUT2D eigenvalue weighted by Crippen LogP contribution is 2.30. The van der Waals surface area contributed by atoms with E-state index in [2.05, 4.69) is 28.3 Å². The molecule has 3 aromatic rings. The third-order valence-electron chi connectivity index (χ3n) is 5.39. The second-order valence-corrected chi connectivity index (χ2v) is 7.48. The fraction of sp³-hybridized carbons (Fsp3) is 0.292. The van der Waals surface area contributed by atoms with Crippen LogP contribution in [0.2, 0.25) is 0 Å². The van der Waals surface area contributed by atoms with Crippen LogP contribution >= 0.6 is 0 Å². The summed E-state index contributed by atoms with van der Waals surface area (Å²) >= 11 is 0. The van der Waals surface area contributed by atoms with E-state index in [0.29, 0.717) is 13.0 Å². The number of nitrogens with two attached hydrogens (primary N) is 1. The Hall–Kier alpha value is -3.05. The largest absolute Gasteiger partial charge is 0.368 e. The third-order valence-corrected chi connectivity index (χ3v) is 5.39. The topological polar surface area (TPSA) is 80.9 Å². The summed E-state index contributed by atoms with van der Waals surface area (Å²) in [5.41, 5.74) is 10.6. The SMILES string of the molecule is Cc1ccc(C(CCc2ccncc2)(NCCc2ccncc2)C(N)=O)c(C)c1. The average Bonchev–Trinajstić information content (AvgIpc) is 2.72. The van der Waals surface area contributed by atoms with Gasteiger partial charge in [0.15, 0.2) is 0 Å². The Labute approximate surface area is 172 Å². The summed E-state index contributed by atoms with van der Waals surface area (Å²) in [6, 6.07) is 14.1.